The van der Waals surface area contributed by atoms with Gasteiger partial charge in [-0.05, 0) is 56.2 Å². The van der Waals surface area contributed by atoms with Crippen LogP contribution in [0.15, 0.2) is 45.6 Å². The lowest BCUT2D eigenvalue weighted by atomic mass is 10.1. The van der Waals surface area contributed by atoms with Gasteiger partial charge in [0.05, 0.1) is 11.1 Å². The molecule has 0 bridgehead atoms. The van der Waals surface area contributed by atoms with Crippen molar-refractivity contribution in [3.8, 4) is 5.75 Å². The summed E-state index contributed by atoms with van der Waals surface area (Å²) in [4.78, 5) is 36.8. The second kappa shape index (κ2) is 6.53. The summed E-state index contributed by atoms with van der Waals surface area (Å²) in [6, 6.07) is 9.70. The van der Waals surface area contributed by atoms with Gasteiger partial charge in [-0.25, -0.2) is 0 Å². The van der Waals surface area contributed by atoms with Crippen molar-refractivity contribution in [3.05, 3.63) is 63.5 Å². The van der Waals surface area contributed by atoms with Crippen LogP contribution in [-0.2, 0) is 4.79 Å². The Balaban J connectivity index is 1.65. The fraction of sp³-hybridized carbons (Fsp3) is 0.190. The van der Waals surface area contributed by atoms with E-state index in [1.54, 1.807) is 31.2 Å². The minimum atomic E-state index is -0.577. The van der Waals surface area contributed by atoms with Crippen molar-refractivity contribution in [1.29, 1.82) is 0 Å². The molecule has 1 aromatic heterocycles. The van der Waals surface area contributed by atoms with Gasteiger partial charge in [0.2, 0.25) is 0 Å². The minimum absolute atomic E-state index is 0.0870. The average molecular weight is 378 g/mol. The number of benzene rings is 2. The zero-order valence-corrected chi connectivity index (χ0v) is 15.6. The number of hydrogen-bond acceptors (Lipinski definition) is 5. The van der Waals surface area contributed by atoms with E-state index in [0.29, 0.717) is 28.1 Å². The first kappa shape index (κ1) is 17.8. The quantitative estimate of drug-likeness (QED) is 0.712. The van der Waals surface area contributed by atoms with Crippen LogP contribution in [0.25, 0.3) is 11.0 Å². The SMILES string of the molecule is Cc1cc(C)c2oc(C(=O)Nc3ccc4c(c3)NC(=O)C(C)O4)cc(=O)c2c1. The van der Waals surface area contributed by atoms with E-state index in [4.69, 9.17) is 9.15 Å². The fourth-order valence-corrected chi connectivity index (χ4v) is 3.20. The van der Waals surface area contributed by atoms with Crippen LogP contribution in [0, 0.1) is 13.8 Å². The number of ether oxygens (including phenoxy) is 1. The number of hydrogen-bond donors (Lipinski definition) is 2. The predicted molar refractivity (Wildman–Crippen MR) is 105 cm³/mol. The summed E-state index contributed by atoms with van der Waals surface area (Å²) in [5.41, 5.74) is 2.74. The largest absolute Gasteiger partial charge is 0.479 e. The second-order valence-corrected chi connectivity index (χ2v) is 6.85. The van der Waals surface area contributed by atoms with Crippen LogP contribution in [0.1, 0.15) is 28.6 Å². The molecule has 3 aromatic rings. The summed E-state index contributed by atoms with van der Waals surface area (Å²) >= 11 is 0. The summed E-state index contributed by atoms with van der Waals surface area (Å²) in [7, 11) is 0. The van der Waals surface area contributed by atoms with Gasteiger partial charge >= 0.3 is 0 Å². The average Bonchev–Trinajstić information content (AvgIpc) is 2.63. The molecule has 1 aliphatic rings. The van der Waals surface area contributed by atoms with Crippen molar-refractivity contribution in [2.45, 2.75) is 26.9 Å². The monoisotopic (exact) mass is 378 g/mol. The van der Waals surface area contributed by atoms with Gasteiger partial charge in [0.25, 0.3) is 11.8 Å². The lowest BCUT2D eigenvalue weighted by Crippen LogP contribution is -2.34. The maximum atomic E-state index is 12.6. The van der Waals surface area contributed by atoms with Gasteiger partial charge in [-0.3, -0.25) is 14.4 Å². The first-order chi connectivity index (χ1) is 13.3. The van der Waals surface area contributed by atoms with Gasteiger partial charge < -0.3 is 19.8 Å². The topological polar surface area (TPSA) is 97.6 Å². The Hall–Kier alpha value is -3.61. The van der Waals surface area contributed by atoms with Crippen LogP contribution in [0.3, 0.4) is 0 Å². The number of carbonyl (C=O) groups is 2. The number of nitrogens with one attached hydrogen (secondary N) is 2. The van der Waals surface area contributed by atoms with Crippen molar-refractivity contribution in [3.63, 3.8) is 0 Å². The van der Waals surface area contributed by atoms with Gasteiger partial charge in [0, 0.05) is 11.8 Å². The van der Waals surface area contributed by atoms with Crippen LogP contribution >= 0.6 is 0 Å². The lowest BCUT2D eigenvalue weighted by molar-refractivity contribution is -0.122. The Kier molecular flexibility index (Phi) is 4.15. The standard InChI is InChI=1S/C21H18N2O5/c1-10-6-11(2)19-14(7-10)16(24)9-18(28-19)21(26)22-13-4-5-17-15(8-13)23-20(25)12(3)27-17/h4-9,12H,1-3H3,(H,22,26)(H,23,25). The number of anilines is 2. The highest BCUT2D eigenvalue weighted by Gasteiger charge is 2.24. The molecule has 0 aliphatic carbocycles. The van der Waals surface area contributed by atoms with E-state index >= 15 is 0 Å². The Labute approximate surface area is 160 Å². The number of rotatable bonds is 2. The van der Waals surface area contributed by atoms with Crippen molar-refractivity contribution < 1.29 is 18.7 Å². The van der Waals surface area contributed by atoms with E-state index in [-0.39, 0.29) is 17.1 Å². The first-order valence-corrected chi connectivity index (χ1v) is 8.80. The molecule has 1 atom stereocenters. The van der Waals surface area contributed by atoms with E-state index in [2.05, 4.69) is 10.6 Å². The van der Waals surface area contributed by atoms with E-state index in [1.807, 2.05) is 19.9 Å². The Morgan fingerprint density at radius 2 is 1.89 bits per heavy atom. The van der Waals surface area contributed by atoms with Crippen LogP contribution in [-0.4, -0.2) is 17.9 Å². The number of fused-ring (bicyclic) bond motifs is 2. The molecule has 0 radical (unpaired) electrons. The summed E-state index contributed by atoms with van der Waals surface area (Å²) in [5, 5.41) is 5.84. The van der Waals surface area contributed by atoms with E-state index < -0.39 is 12.0 Å². The highest BCUT2D eigenvalue weighted by Crippen LogP contribution is 2.32. The van der Waals surface area contributed by atoms with E-state index in [1.165, 1.54) is 6.07 Å². The third kappa shape index (κ3) is 3.11. The van der Waals surface area contributed by atoms with Gasteiger partial charge in [0.15, 0.2) is 17.3 Å². The number of carbonyl (C=O) groups excluding carboxylic acids is 2. The molecule has 0 fully saturated rings. The summed E-state index contributed by atoms with van der Waals surface area (Å²) < 4.78 is 11.2. The number of aryl methyl sites for hydroxylation is 2. The Bertz CT molecular complexity index is 1200. The second-order valence-electron chi connectivity index (χ2n) is 6.85. The molecule has 0 saturated heterocycles. The molecule has 7 nitrogen and oxygen atoms in total. The van der Waals surface area contributed by atoms with Gasteiger partial charge in [-0.2, -0.15) is 0 Å². The molecular formula is C21H18N2O5. The van der Waals surface area contributed by atoms with Crippen molar-refractivity contribution in [2.24, 2.45) is 0 Å². The van der Waals surface area contributed by atoms with Crippen molar-refractivity contribution in [1.82, 2.24) is 0 Å². The summed E-state index contributed by atoms with van der Waals surface area (Å²) in [6.07, 6.45) is -0.577. The van der Waals surface area contributed by atoms with Crippen LogP contribution in [0.2, 0.25) is 0 Å². The lowest BCUT2D eigenvalue weighted by Gasteiger charge is -2.23. The molecule has 2 amide bonds. The first-order valence-electron chi connectivity index (χ1n) is 8.80. The summed E-state index contributed by atoms with van der Waals surface area (Å²) in [5.74, 6) is -0.387. The molecule has 2 aromatic carbocycles. The highest BCUT2D eigenvalue weighted by molar-refractivity contribution is 6.04. The summed E-state index contributed by atoms with van der Waals surface area (Å²) in [6.45, 7) is 5.37. The molecule has 1 aliphatic heterocycles. The molecule has 2 N–H and O–H groups in total. The highest BCUT2D eigenvalue weighted by atomic mass is 16.5. The van der Waals surface area contributed by atoms with Crippen molar-refractivity contribution >= 4 is 34.2 Å². The predicted octanol–water partition coefficient (Wildman–Crippen LogP) is 3.38. The third-order valence-electron chi connectivity index (χ3n) is 4.55. The van der Waals surface area contributed by atoms with Gasteiger partial charge in [-0.1, -0.05) is 6.07 Å². The molecule has 28 heavy (non-hydrogen) atoms. The molecule has 1 unspecified atom stereocenters. The smallest absolute Gasteiger partial charge is 0.291 e. The molecule has 142 valence electrons. The molecular weight excluding hydrogens is 360 g/mol. The minimum Gasteiger partial charge on any atom is -0.479 e. The van der Waals surface area contributed by atoms with Crippen LogP contribution in [0.4, 0.5) is 11.4 Å². The third-order valence-corrected chi connectivity index (χ3v) is 4.55. The van der Waals surface area contributed by atoms with Crippen molar-refractivity contribution in [2.75, 3.05) is 10.6 Å². The van der Waals surface area contributed by atoms with Gasteiger partial charge in [0.1, 0.15) is 11.3 Å². The Morgan fingerprint density at radius 1 is 1.11 bits per heavy atom. The fourth-order valence-electron chi connectivity index (χ4n) is 3.20. The molecule has 0 saturated carbocycles. The molecule has 2 heterocycles. The normalized spacial score (nSPS) is 15.5. The van der Waals surface area contributed by atoms with E-state index in [9.17, 15) is 14.4 Å². The number of amides is 2. The molecule has 4 rings (SSSR count). The van der Waals surface area contributed by atoms with E-state index in [0.717, 1.165) is 11.1 Å². The van der Waals surface area contributed by atoms with Crippen LogP contribution < -0.4 is 20.8 Å². The zero-order chi connectivity index (χ0) is 20.0. The Morgan fingerprint density at radius 3 is 2.68 bits per heavy atom. The zero-order valence-electron chi connectivity index (χ0n) is 15.6. The van der Waals surface area contributed by atoms with Gasteiger partial charge in [-0.15, -0.1) is 0 Å². The van der Waals surface area contributed by atoms with Crippen LogP contribution in [0.5, 0.6) is 5.75 Å². The molecule has 0 spiro atoms. The maximum absolute atomic E-state index is 12.6. The maximum Gasteiger partial charge on any atom is 0.291 e. The molecule has 7 heteroatoms.